The van der Waals surface area contributed by atoms with Crippen molar-refractivity contribution in [3.63, 3.8) is 0 Å². The van der Waals surface area contributed by atoms with Gasteiger partial charge in [0.15, 0.2) is 0 Å². The van der Waals surface area contributed by atoms with Gasteiger partial charge in [0.05, 0.1) is 55.7 Å². The second-order valence-electron chi connectivity index (χ2n) is 9.36. The van der Waals surface area contributed by atoms with Gasteiger partial charge in [-0.05, 0) is 48.5 Å². The third-order valence-corrected chi connectivity index (χ3v) is 7.08. The van der Waals surface area contributed by atoms with Crippen molar-refractivity contribution < 1.29 is 23.3 Å². The number of nitrogens with zero attached hydrogens (tertiary/aromatic N) is 2. The molecule has 7 nitrogen and oxygen atoms in total. The minimum Gasteiger partial charge on any atom is -0.494 e. The molecule has 0 unspecified atom stereocenters. The zero-order valence-corrected chi connectivity index (χ0v) is 22.1. The van der Waals surface area contributed by atoms with Crippen LogP contribution in [0.3, 0.4) is 0 Å². The molecule has 2 heterocycles. The molecule has 3 aromatic rings. The van der Waals surface area contributed by atoms with Crippen LogP contribution in [0.25, 0.3) is 0 Å². The largest absolute Gasteiger partial charge is 0.494 e. The average Bonchev–Trinajstić information content (AvgIpc) is 2.87. The van der Waals surface area contributed by atoms with E-state index in [2.05, 4.69) is 26.0 Å². The Balaban J connectivity index is 1.42. The number of amides is 2. The maximum Gasteiger partial charge on any atom is 0.279 e. The Labute approximate surface area is 231 Å². The minimum absolute atomic E-state index is 0.0527. The number of halogens is 2. The number of anilines is 2. The molecular formula is C30H27ClFN4O3+. The van der Waals surface area contributed by atoms with Gasteiger partial charge in [-0.3, -0.25) is 19.1 Å². The number of amidine groups is 1. The fourth-order valence-corrected chi connectivity index (χ4v) is 4.75. The molecule has 198 valence electrons. The number of ether oxygens (including phenoxy) is 1. The van der Waals surface area contributed by atoms with E-state index in [0.717, 1.165) is 50.4 Å². The first kappa shape index (κ1) is 26.3. The molecule has 0 aliphatic carbocycles. The minimum atomic E-state index is -0.721. The van der Waals surface area contributed by atoms with Crippen molar-refractivity contribution in [1.82, 2.24) is 4.90 Å². The van der Waals surface area contributed by atoms with E-state index in [1.807, 2.05) is 0 Å². The summed E-state index contributed by atoms with van der Waals surface area (Å²) in [4.78, 5) is 28.7. The fraction of sp³-hybridized carbons (Fsp3) is 0.233. The molecule has 0 radical (unpaired) electrons. The summed E-state index contributed by atoms with van der Waals surface area (Å²) < 4.78 is 23.0. The van der Waals surface area contributed by atoms with Crippen LogP contribution in [0.1, 0.15) is 44.7 Å². The standard InChI is InChI=1S/C30H26ClFN4O3/c1-3-19-6-9-22(10-7-19)33-29(38)24-17-21(31)18-26(39-2)27(24)34-28(37)23-11-8-20(16-25(23)32)30(35-12-4-13-35)36-14-5-15-36/h1,6-11,16-18H,4-5,12-15H2,2H3,(H-,33,34,37,38)/p+1. The number of benzene rings is 3. The Morgan fingerprint density at radius 3 is 2.28 bits per heavy atom. The lowest BCUT2D eigenvalue weighted by molar-refractivity contribution is -0.587. The van der Waals surface area contributed by atoms with Crippen LogP contribution in [0.15, 0.2) is 54.6 Å². The normalized spacial score (nSPS) is 14.0. The number of nitrogens with one attached hydrogen (secondary N) is 2. The Morgan fingerprint density at radius 1 is 1.00 bits per heavy atom. The number of rotatable bonds is 6. The Morgan fingerprint density at radius 2 is 1.72 bits per heavy atom. The van der Waals surface area contributed by atoms with E-state index in [4.69, 9.17) is 22.8 Å². The first-order chi connectivity index (χ1) is 18.9. The van der Waals surface area contributed by atoms with Crippen LogP contribution >= 0.6 is 11.6 Å². The maximum absolute atomic E-state index is 15.3. The molecule has 0 saturated carbocycles. The van der Waals surface area contributed by atoms with Gasteiger partial charge in [0.2, 0.25) is 0 Å². The summed E-state index contributed by atoms with van der Waals surface area (Å²) in [5, 5.41) is 5.65. The van der Waals surface area contributed by atoms with E-state index in [-0.39, 0.29) is 27.6 Å². The van der Waals surface area contributed by atoms with E-state index >= 15 is 4.39 Å². The number of carbonyl (C=O) groups excluding carboxylic acids is 2. The highest BCUT2D eigenvalue weighted by Gasteiger charge is 2.33. The topological polar surface area (TPSA) is 73.7 Å². The van der Waals surface area contributed by atoms with Crippen molar-refractivity contribution in [3.05, 3.63) is 87.7 Å². The van der Waals surface area contributed by atoms with Crippen molar-refractivity contribution in [2.75, 3.05) is 43.9 Å². The highest BCUT2D eigenvalue weighted by atomic mass is 35.5. The molecule has 2 N–H and O–H groups in total. The Kier molecular flexibility index (Phi) is 7.53. The summed E-state index contributed by atoms with van der Waals surface area (Å²) in [6, 6.07) is 14.2. The molecule has 3 aromatic carbocycles. The molecule has 0 bridgehead atoms. The third-order valence-electron chi connectivity index (χ3n) is 6.86. The smallest absolute Gasteiger partial charge is 0.279 e. The summed E-state index contributed by atoms with van der Waals surface area (Å²) >= 11 is 6.23. The molecule has 5 rings (SSSR count). The molecule has 2 fully saturated rings. The molecule has 0 spiro atoms. The zero-order valence-electron chi connectivity index (χ0n) is 21.4. The molecule has 39 heavy (non-hydrogen) atoms. The van der Waals surface area contributed by atoms with E-state index in [9.17, 15) is 9.59 Å². The van der Waals surface area contributed by atoms with Crippen molar-refractivity contribution in [1.29, 1.82) is 0 Å². The molecule has 9 heteroatoms. The van der Waals surface area contributed by atoms with E-state index in [0.29, 0.717) is 11.3 Å². The first-order valence-corrected chi connectivity index (χ1v) is 13.0. The van der Waals surface area contributed by atoms with Gasteiger partial charge in [0.1, 0.15) is 11.6 Å². The average molecular weight is 546 g/mol. The lowest BCUT2D eigenvalue weighted by Gasteiger charge is -2.31. The van der Waals surface area contributed by atoms with Crippen molar-refractivity contribution in [2.45, 2.75) is 12.8 Å². The molecule has 0 atom stereocenters. The predicted octanol–water partition coefficient (Wildman–Crippen LogP) is 4.84. The van der Waals surface area contributed by atoms with Gasteiger partial charge in [-0.2, -0.15) is 0 Å². The SMILES string of the molecule is C#Cc1ccc(NC(=O)c2cc(Cl)cc(OC)c2NC(=O)c2ccc(C(N3CCC3)=[N+]3CCC3)cc2F)cc1. The molecule has 2 amide bonds. The lowest BCUT2D eigenvalue weighted by atomic mass is 10.0. The molecular weight excluding hydrogens is 519 g/mol. The molecule has 2 aliphatic rings. The van der Waals surface area contributed by atoms with E-state index in [1.54, 1.807) is 30.3 Å². The summed E-state index contributed by atoms with van der Waals surface area (Å²) in [6.45, 7) is 3.74. The first-order valence-electron chi connectivity index (χ1n) is 12.6. The van der Waals surface area contributed by atoms with E-state index < -0.39 is 17.6 Å². The maximum atomic E-state index is 15.3. The molecule has 0 aromatic heterocycles. The second-order valence-corrected chi connectivity index (χ2v) is 9.80. The number of hydrogen-bond acceptors (Lipinski definition) is 3. The highest BCUT2D eigenvalue weighted by Crippen LogP contribution is 2.34. The molecule has 2 saturated heterocycles. The number of hydrogen-bond donors (Lipinski definition) is 2. The summed E-state index contributed by atoms with van der Waals surface area (Å²) in [5.41, 5.74) is 1.87. The van der Waals surface area contributed by atoms with Crippen LogP contribution in [0.5, 0.6) is 5.75 Å². The van der Waals surface area contributed by atoms with Crippen molar-refractivity contribution in [2.24, 2.45) is 0 Å². The second kappa shape index (κ2) is 11.2. The van der Waals surface area contributed by atoms with Crippen LogP contribution in [0.4, 0.5) is 15.8 Å². The van der Waals surface area contributed by atoms with Crippen LogP contribution < -0.4 is 15.4 Å². The number of terminal acetylenes is 1. The third kappa shape index (κ3) is 5.45. The van der Waals surface area contributed by atoms with Gasteiger partial charge < -0.3 is 15.4 Å². The predicted molar refractivity (Wildman–Crippen MR) is 150 cm³/mol. The Hall–Kier alpha value is -4.35. The fourth-order valence-electron chi connectivity index (χ4n) is 4.54. The molecule has 2 aliphatic heterocycles. The van der Waals surface area contributed by atoms with Crippen molar-refractivity contribution in [3.8, 4) is 18.1 Å². The number of methoxy groups -OCH3 is 1. The number of carbonyl (C=O) groups is 2. The van der Waals surface area contributed by atoms with Gasteiger partial charge in [0.25, 0.3) is 17.6 Å². The van der Waals surface area contributed by atoms with Crippen LogP contribution in [-0.4, -0.2) is 60.4 Å². The lowest BCUT2D eigenvalue weighted by Crippen LogP contribution is -2.49. The van der Waals surface area contributed by atoms with Gasteiger partial charge in [-0.1, -0.05) is 17.5 Å². The van der Waals surface area contributed by atoms with Crippen molar-refractivity contribution >= 4 is 40.6 Å². The zero-order chi connectivity index (χ0) is 27.5. The number of likely N-dealkylation sites (tertiary alicyclic amines) is 1. The quantitative estimate of drug-likeness (QED) is 0.264. The monoisotopic (exact) mass is 545 g/mol. The van der Waals surface area contributed by atoms with Gasteiger partial charge in [-0.25, -0.2) is 4.39 Å². The van der Waals surface area contributed by atoms with Gasteiger partial charge >= 0.3 is 0 Å². The highest BCUT2D eigenvalue weighted by molar-refractivity contribution is 6.31. The van der Waals surface area contributed by atoms with E-state index in [1.165, 1.54) is 31.4 Å². The summed E-state index contributed by atoms with van der Waals surface area (Å²) in [6.07, 6.45) is 7.61. The van der Waals surface area contributed by atoms with Crippen LogP contribution in [0, 0.1) is 18.2 Å². The van der Waals surface area contributed by atoms with Gasteiger partial charge in [-0.15, -0.1) is 6.42 Å². The summed E-state index contributed by atoms with van der Waals surface area (Å²) in [5.74, 6) is 1.76. The van der Waals surface area contributed by atoms with Gasteiger partial charge in [0, 0.05) is 35.2 Å². The van der Waals surface area contributed by atoms with Crippen LogP contribution in [-0.2, 0) is 0 Å². The van der Waals surface area contributed by atoms with Crippen LogP contribution in [0.2, 0.25) is 5.02 Å². The Bertz CT molecular complexity index is 1520. The summed E-state index contributed by atoms with van der Waals surface area (Å²) in [7, 11) is 1.39.